The molecule has 1 saturated heterocycles. The number of nitrogens with zero attached hydrogens (tertiary/aromatic N) is 1. The van der Waals surface area contributed by atoms with Gasteiger partial charge in [-0.15, -0.1) is 0 Å². The number of hydrogen-bond acceptors (Lipinski definition) is 5. The summed E-state index contributed by atoms with van der Waals surface area (Å²) >= 11 is 0. The molecule has 1 aliphatic heterocycles. The van der Waals surface area contributed by atoms with Crippen LogP contribution in [0.2, 0.25) is 0 Å². The molecule has 3 N–H and O–H groups in total. The molecular formula is C15H27N3O2. The maximum Gasteiger partial charge on any atom is 0.298 e. The van der Waals surface area contributed by atoms with Crippen LogP contribution in [0.25, 0.3) is 0 Å². The smallest absolute Gasteiger partial charge is 0.298 e. The van der Waals surface area contributed by atoms with E-state index in [1.165, 1.54) is 0 Å². The predicted molar refractivity (Wildman–Crippen MR) is 80.2 cm³/mol. The van der Waals surface area contributed by atoms with Gasteiger partial charge in [-0.05, 0) is 40.5 Å². The number of aromatic hydroxyl groups is 1. The lowest BCUT2D eigenvalue weighted by atomic mass is 9.80. The fraction of sp³-hybridized carbons (Fsp3) is 0.800. The summed E-state index contributed by atoms with van der Waals surface area (Å²) in [5.74, 6) is 0.661. The molecule has 1 aliphatic rings. The van der Waals surface area contributed by atoms with Crippen molar-refractivity contribution in [3.8, 4) is 5.88 Å². The fourth-order valence-corrected chi connectivity index (χ4v) is 3.36. The Morgan fingerprint density at radius 3 is 2.25 bits per heavy atom. The Labute approximate surface area is 121 Å². The lowest BCUT2D eigenvalue weighted by Gasteiger charge is -2.46. The van der Waals surface area contributed by atoms with Gasteiger partial charge in [0.05, 0.1) is 0 Å². The summed E-state index contributed by atoms with van der Waals surface area (Å²) in [6, 6.07) is 0.698. The summed E-state index contributed by atoms with van der Waals surface area (Å²) in [7, 11) is 0. The van der Waals surface area contributed by atoms with Gasteiger partial charge < -0.3 is 20.2 Å². The number of rotatable bonds is 3. The van der Waals surface area contributed by atoms with Crippen LogP contribution in [0.3, 0.4) is 0 Å². The standard InChI is InChI=1S/C15H27N3O2/c1-9(2)11-12(19)17-13(20-11)16-10-7-14(3,4)18-15(5,6)8-10/h9-10,18-19H,7-8H2,1-6H3,(H,16,17). The van der Waals surface area contributed by atoms with Crippen LogP contribution in [0.1, 0.15) is 66.1 Å². The molecule has 0 amide bonds. The molecular weight excluding hydrogens is 254 g/mol. The second kappa shape index (κ2) is 4.95. The summed E-state index contributed by atoms with van der Waals surface area (Å²) in [6.07, 6.45) is 1.97. The molecule has 5 heteroatoms. The van der Waals surface area contributed by atoms with Crippen molar-refractivity contribution in [3.05, 3.63) is 5.76 Å². The number of hydrogen-bond donors (Lipinski definition) is 3. The van der Waals surface area contributed by atoms with Crippen LogP contribution in [0.5, 0.6) is 5.88 Å². The lowest BCUT2D eigenvalue weighted by Crippen LogP contribution is -2.60. The van der Waals surface area contributed by atoms with E-state index < -0.39 is 0 Å². The summed E-state index contributed by atoms with van der Waals surface area (Å²) in [4.78, 5) is 4.08. The van der Waals surface area contributed by atoms with Crippen LogP contribution in [0, 0.1) is 0 Å². The number of piperidine rings is 1. The van der Waals surface area contributed by atoms with E-state index in [0.29, 0.717) is 11.8 Å². The first-order valence-electron chi connectivity index (χ1n) is 7.33. The molecule has 20 heavy (non-hydrogen) atoms. The minimum Gasteiger partial charge on any atom is -0.491 e. The normalized spacial score (nSPS) is 22.1. The molecule has 1 fully saturated rings. The number of nitrogens with one attached hydrogen (secondary N) is 2. The quantitative estimate of drug-likeness (QED) is 0.793. The van der Waals surface area contributed by atoms with Crippen molar-refractivity contribution >= 4 is 6.01 Å². The first-order chi connectivity index (χ1) is 9.08. The molecule has 5 nitrogen and oxygen atoms in total. The number of anilines is 1. The van der Waals surface area contributed by atoms with Gasteiger partial charge in [0.15, 0.2) is 5.76 Å². The SMILES string of the molecule is CC(C)c1oc(NC2CC(C)(C)NC(C)(C)C2)nc1O. The van der Waals surface area contributed by atoms with Crippen molar-refractivity contribution in [1.82, 2.24) is 10.3 Å². The van der Waals surface area contributed by atoms with E-state index in [4.69, 9.17) is 4.42 Å². The highest BCUT2D eigenvalue weighted by Crippen LogP contribution is 2.33. The second-order valence-corrected chi connectivity index (χ2v) is 7.50. The topological polar surface area (TPSA) is 70.3 Å². The molecule has 0 aliphatic carbocycles. The molecule has 2 heterocycles. The highest BCUT2D eigenvalue weighted by Gasteiger charge is 2.38. The van der Waals surface area contributed by atoms with Gasteiger partial charge >= 0.3 is 0 Å². The van der Waals surface area contributed by atoms with Crippen LogP contribution in [0.15, 0.2) is 4.42 Å². The maximum atomic E-state index is 9.78. The average molecular weight is 281 g/mol. The molecule has 0 saturated carbocycles. The number of aromatic nitrogens is 1. The summed E-state index contributed by atoms with van der Waals surface area (Å²) in [5, 5.41) is 16.8. The monoisotopic (exact) mass is 281 g/mol. The van der Waals surface area contributed by atoms with Gasteiger partial charge in [-0.1, -0.05) is 13.8 Å². The van der Waals surface area contributed by atoms with Gasteiger partial charge in [-0.2, -0.15) is 4.98 Å². The highest BCUT2D eigenvalue weighted by atomic mass is 16.4. The molecule has 1 aromatic heterocycles. The van der Waals surface area contributed by atoms with Gasteiger partial charge in [0.1, 0.15) is 0 Å². The van der Waals surface area contributed by atoms with Gasteiger partial charge in [0.2, 0.25) is 0 Å². The maximum absolute atomic E-state index is 9.78. The highest BCUT2D eigenvalue weighted by molar-refractivity contribution is 5.32. The minimum absolute atomic E-state index is 0.00467. The average Bonchev–Trinajstić information content (AvgIpc) is 2.54. The zero-order valence-electron chi connectivity index (χ0n) is 13.4. The van der Waals surface area contributed by atoms with Crippen LogP contribution >= 0.6 is 0 Å². The molecule has 0 aromatic carbocycles. The molecule has 0 unspecified atom stereocenters. The molecule has 0 bridgehead atoms. The molecule has 114 valence electrons. The van der Waals surface area contributed by atoms with Gasteiger partial charge in [0, 0.05) is 23.0 Å². The van der Waals surface area contributed by atoms with Gasteiger partial charge in [-0.3, -0.25) is 0 Å². The summed E-state index contributed by atoms with van der Waals surface area (Å²) in [6.45, 7) is 12.8. The predicted octanol–water partition coefficient (Wildman–Crippen LogP) is 3.22. The Morgan fingerprint density at radius 2 is 1.80 bits per heavy atom. The largest absolute Gasteiger partial charge is 0.491 e. The Bertz CT molecular complexity index is 461. The van der Waals surface area contributed by atoms with E-state index >= 15 is 0 Å². The molecule has 0 atom stereocenters. The van der Waals surface area contributed by atoms with Crippen molar-refractivity contribution in [2.75, 3.05) is 5.32 Å². The molecule has 2 rings (SSSR count). The second-order valence-electron chi connectivity index (χ2n) is 7.50. The minimum atomic E-state index is -0.00467. The van der Waals surface area contributed by atoms with E-state index in [1.807, 2.05) is 13.8 Å². The van der Waals surface area contributed by atoms with Crippen molar-refractivity contribution in [3.63, 3.8) is 0 Å². The third kappa shape index (κ3) is 3.45. The molecule has 0 spiro atoms. The fourth-order valence-electron chi connectivity index (χ4n) is 3.36. The van der Waals surface area contributed by atoms with Crippen molar-refractivity contribution < 1.29 is 9.52 Å². The first-order valence-corrected chi connectivity index (χ1v) is 7.33. The Kier molecular flexibility index (Phi) is 3.75. The van der Waals surface area contributed by atoms with E-state index in [1.54, 1.807) is 0 Å². The third-order valence-electron chi connectivity index (χ3n) is 3.68. The van der Waals surface area contributed by atoms with Crippen LogP contribution in [-0.4, -0.2) is 27.2 Å². The van der Waals surface area contributed by atoms with Gasteiger partial charge in [-0.25, -0.2) is 0 Å². The van der Waals surface area contributed by atoms with E-state index in [0.717, 1.165) is 12.8 Å². The molecule has 0 radical (unpaired) electrons. The zero-order valence-corrected chi connectivity index (χ0v) is 13.4. The Morgan fingerprint density at radius 1 is 1.25 bits per heavy atom. The van der Waals surface area contributed by atoms with E-state index in [2.05, 4.69) is 43.3 Å². The van der Waals surface area contributed by atoms with Crippen molar-refractivity contribution in [1.29, 1.82) is 0 Å². The van der Waals surface area contributed by atoms with Gasteiger partial charge in [0.25, 0.3) is 11.9 Å². The van der Waals surface area contributed by atoms with Crippen molar-refractivity contribution in [2.24, 2.45) is 0 Å². The van der Waals surface area contributed by atoms with Crippen molar-refractivity contribution in [2.45, 2.75) is 77.4 Å². The summed E-state index contributed by atoms with van der Waals surface area (Å²) < 4.78 is 5.62. The first kappa shape index (κ1) is 15.2. The van der Waals surface area contributed by atoms with Crippen LogP contribution in [0.4, 0.5) is 6.01 Å². The van der Waals surface area contributed by atoms with Crippen LogP contribution in [-0.2, 0) is 0 Å². The third-order valence-corrected chi connectivity index (χ3v) is 3.68. The van der Waals surface area contributed by atoms with E-state index in [-0.39, 0.29) is 28.9 Å². The van der Waals surface area contributed by atoms with E-state index in [9.17, 15) is 5.11 Å². The van der Waals surface area contributed by atoms with Crippen LogP contribution < -0.4 is 10.6 Å². The summed E-state index contributed by atoms with van der Waals surface area (Å²) in [5.41, 5.74) is 0.129. The Hall–Kier alpha value is -1.23. The molecule has 1 aromatic rings. The lowest BCUT2D eigenvalue weighted by molar-refractivity contribution is 0.169. The number of oxazole rings is 1. The Balaban J connectivity index is 2.11. The zero-order chi connectivity index (χ0) is 15.1.